The lowest BCUT2D eigenvalue weighted by atomic mass is 10.1. The second-order valence-corrected chi connectivity index (χ2v) is 4.96. The van der Waals surface area contributed by atoms with Gasteiger partial charge in [0.2, 0.25) is 0 Å². The van der Waals surface area contributed by atoms with Crippen molar-refractivity contribution in [2.24, 2.45) is 11.7 Å². The molecule has 0 spiro atoms. The Kier molecular flexibility index (Phi) is 7.20. The molecule has 0 saturated carbocycles. The fraction of sp³-hybridized carbons (Fsp3) is 1.00. The number of nitrogens with two attached hydrogens (primary N) is 1. The van der Waals surface area contributed by atoms with Crippen LogP contribution in [0.25, 0.3) is 0 Å². The van der Waals surface area contributed by atoms with E-state index in [-0.39, 0.29) is 0 Å². The molecule has 2 heteroatoms. The highest BCUT2D eigenvalue weighted by Gasteiger charge is 2.17. The molecule has 0 aromatic rings. The van der Waals surface area contributed by atoms with Gasteiger partial charge >= 0.3 is 0 Å². The smallest absolute Gasteiger partial charge is 0.00702 e. The minimum Gasteiger partial charge on any atom is -0.330 e. The average Bonchev–Trinajstić information content (AvgIpc) is 2.09. The van der Waals surface area contributed by atoms with Crippen molar-refractivity contribution in [3.05, 3.63) is 0 Å². The molecule has 0 aliphatic heterocycles. The van der Waals surface area contributed by atoms with Gasteiger partial charge in [0.15, 0.2) is 0 Å². The first-order valence-corrected chi connectivity index (χ1v) is 5.94. The van der Waals surface area contributed by atoms with Gasteiger partial charge in [0.05, 0.1) is 0 Å². The molecule has 0 radical (unpaired) electrons. The highest BCUT2D eigenvalue weighted by atomic mass is 15.2. The minimum absolute atomic E-state index is 0.644. The van der Waals surface area contributed by atoms with E-state index in [1.807, 2.05) is 0 Å². The van der Waals surface area contributed by atoms with Gasteiger partial charge in [-0.2, -0.15) is 0 Å². The van der Waals surface area contributed by atoms with E-state index in [1.165, 1.54) is 13.0 Å². The summed E-state index contributed by atoms with van der Waals surface area (Å²) in [5.74, 6) is 0.748. The Labute approximate surface area is 89.9 Å². The maximum Gasteiger partial charge on any atom is 0.00702 e. The van der Waals surface area contributed by atoms with Crippen LogP contribution in [-0.2, 0) is 0 Å². The fourth-order valence-corrected chi connectivity index (χ4v) is 1.90. The van der Waals surface area contributed by atoms with Gasteiger partial charge in [-0.3, -0.25) is 4.90 Å². The first kappa shape index (κ1) is 13.9. The van der Waals surface area contributed by atoms with Gasteiger partial charge < -0.3 is 5.73 Å². The van der Waals surface area contributed by atoms with Crippen LogP contribution in [0, 0.1) is 5.92 Å². The maximum absolute atomic E-state index is 5.54. The number of hydrogen-bond donors (Lipinski definition) is 1. The lowest BCUT2D eigenvalue weighted by Gasteiger charge is -2.34. The monoisotopic (exact) mass is 200 g/mol. The predicted molar refractivity (Wildman–Crippen MR) is 64.4 cm³/mol. The summed E-state index contributed by atoms with van der Waals surface area (Å²) in [6.45, 7) is 13.5. The van der Waals surface area contributed by atoms with E-state index >= 15 is 0 Å². The molecule has 14 heavy (non-hydrogen) atoms. The molecule has 2 N–H and O–H groups in total. The maximum atomic E-state index is 5.54. The molecule has 0 heterocycles. The van der Waals surface area contributed by atoms with E-state index in [0.29, 0.717) is 12.1 Å². The van der Waals surface area contributed by atoms with Crippen molar-refractivity contribution < 1.29 is 0 Å². The molecule has 86 valence electrons. The molecule has 2 nitrogen and oxygen atoms in total. The van der Waals surface area contributed by atoms with Crippen molar-refractivity contribution in [2.45, 2.75) is 59.5 Å². The van der Waals surface area contributed by atoms with Crippen LogP contribution in [0.4, 0.5) is 0 Å². The Bertz CT molecular complexity index is 132. The third-order valence-corrected chi connectivity index (χ3v) is 2.63. The summed E-state index contributed by atoms with van der Waals surface area (Å²) >= 11 is 0. The summed E-state index contributed by atoms with van der Waals surface area (Å²) < 4.78 is 0. The normalized spacial score (nSPS) is 14.4. The highest BCUT2D eigenvalue weighted by Crippen LogP contribution is 2.12. The van der Waals surface area contributed by atoms with Crippen molar-refractivity contribution in [3.8, 4) is 0 Å². The SMILES string of the molecule is CC(C)CN(C(C)C)C(C)CCCN. The zero-order chi connectivity index (χ0) is 11.1. The van der Waals surface area contributed by atoms with E-state index in [9.17, 15) is 0 Å². The molecule has 0 aliphatic rings. The number of hydrogen-bond acceptors (Lipinski definition) is 2. The molecule has 1 atom stereocenters. The topological polar surface area (TPSA) is 29.3 Å². The summed E-state index contributed by atoms with van der Waals surface area (Å²) in [7, 11) is 0. The molecular formula is C12H28N2. The van der Waals surface area contributed by atoms with Gasteiger partial charge in [0.1, 0.15) is 0 Å². The third-order valence-electron chi connectivity index (χ3n) is 2.63. The largest absolute Gasteiger partial charge is 0.330 e. The van der Waals surface area contributed by atoms with Crippen LogP contribution in [0.1, 0.15) is 47.5 Å². The van der Waals surface area contributed by atoms with Gasteiger partial charge in [-0.25, -0.2) is 0 Å². The van der Waals surface area contributed by atoms with Crippen molar-refractivity contribution in [3.63, 3.8) is 0 Å². The lowest BCUT2D eigenvalue weighted by Crippen LogP contribution is -2.41. The second-order valence-electron chi connectivity index (χ2n) is 4.96. The zero-order valence-corrected chi connectivity index (χ0v) is 10.6. The Balaban J connectivity index is 4.04. The Morgan fingerprint density at radius 3 is 2.00 bits per heavy atom. The van der Waals surface area contributed by atoms with Gasteiger partial charge in [-0.05, 0) is 46.1 Å². The van der Waals surface area contributed by atoms with E-state index in [4.69, 9.17) is 5.73 Å². The number of nitrogens with zero attached hydrogens (tertiary/aromatic N) is 1. The minimum atomic E-state index is 0.644. The summed E-state index contributed by atoms with van der Waals surface area (Å²) in [5.41, 5.74) is 5.54. The van der Waals surface area contributed by atoms with Gasteiger partial charge in [0.25, 0.3) is 0 Å². The molecule has 0 saturated heterocycles. The Hall–Kier alpha value is -0.0800. The zero-order valence-electron chi connectivity index (χ0n) is 10.6. The van der Waals surface area contributed by atoms with Crippen molar-refractivity contribution >= 4 is 0 Å². The highest BCUT2D eigenvalue weighted by molar-refractivity contribution is 4.72. The van der Waals surface area contributed by atoms with Crippen molar-refractivity contribution in [2.75, 3.05) is 13.1 Å². The van der Waals surface area contributed by atoms with Crippen LogP contribution in [0.2, 0.25) is 0 Å². The van der Waals surface area contributed by atoms with Crippen LogP contribution in [0.15, 0.2) is 0 Å². The number of rotatable bonds is 7. The lowest BCUT2D eigenvalue weighted by molar-refractivity contribution is 0.137. The molecule has 0 aromatic carbocycles. The van der Waals surface area contributed by atoms with Crippen LogP contribution in [0.3, 0.4) is 0 Å². The second kappa shape index (κ2) is 7.24. The van der Waals surface area contributed by atoms with E-state index < -0.39 is 0 Å². The molecular weight excluding hydrogens is 172 g/mol. The Morgan fingerprint density at radius 1 is 1.07 bits per heavy atom. The van der Waals surface area contributed by atoms with Crippen LogP contribution in [-0.4, -0.2) is 30.1 Å². The summed E-state index contributed by atoms with van der Waals surface area (Å²) in [5, 5.41) is 0. The first-order valence-electron chi connectivity index (χ1n) is 5.94. The van der Waals surface area contributed by atoms with Gasteiger partial charge in [0, 0.05) is 18.6 Å². The summed E-state index contributed by atoms with van der Waals surface area (Å²) in [6.07, 6.45) is 2.36. The molecule has 0 fully saturated rings. The Morgan fingerprint density at radius 2 is 1.64 bits per heavy atom. The summed E-state index contributed by atoms with van der Waals surface area (Å²) in [4.78, 5) is 2.58. The van der Waals surface area contributed by atoms with Crippen molar-refractivity contribution in [1.82, 2.24) is 4.90 Å². The van der Waals surface area contributed by atoms with Crippen LogP contribution in [0.5, 0.6) is 0 Å². The quantitative estimate of drug-likeness (QED) is 0.684. The third kappa shape index (κ3) is 5.61. The average molecular weight is 200 g/mol. The standard InChI is InChI=1S/C12H28N2/c1-10(2)9-14(11(3)4)12(5)7-6-8-13/h10-12H,6-9,13H2,1-5H3. The fourth-order valence-electron chi connectivity index (χ4n) is 1.90. The first-order chi connectivity index (χ1) is 6.49. The van der Waals surface area contributed by atoms with E-state index in [1.54, 1.807) is 0 Å². The van der Waals surface area contributed by atoms with Crippen LogP contribution >= 0.6 is 0 Å². The molecule has 1 unspecified atom stereocenters. The van der Waals surface area contributed by atoms with Crippen LogP contribution < -0.4 is 5.73 Å². The molecule has 0 amide bonds. The summed E-state index contributed by atoms with van der Waals surface area (Å²) in [6, 6.07) is 1.31. The van der Waals surface area contributed by atoms with Gasteiger partial charge in [-0.1, -0.05) is 13.8 Å². The molecule has 0 rings (SSSR count). The molecule has 0 aromatic heterocycles. The molecule has 0 aliphatic carbocycles. The van der Waals surface area contributed by atoms with E-state index in [0.717, 1.165) is 18.9 Å². The molecule has 0 bridgehead atoms. The van der Waals surface area contributed by atoms with Crippen molar-refractivity contribution in [1.29, 1.82) is 0 Å². The van der Waals surface area contributed by atoms with Gasteiger partial charge in [-0.15, -0.1) is 0 Å². The predicted octanol–water partition coefficient (Wildman–Crippen LogP) is 2.48. The van der Waals surface area contributed by atoms with E-state index in [2.05, 4.69) is 39.5 Å².